The highest BCUT2D eigenvalue weighted by Crippen LogP contribution is 2.44. The molecule has 222 valence electrons. The maximum Gasteiger partial charge on any atom is 0.164 e. The Kier molecular flexibility index (Phi) is 5.91. The van der Waals surface area contributed by atoms with Gasteiger partial charge in [-0.2, -0.15) is 0 Å². The maximum atomic E-state index is 5.34. The van der Waals surface area contributed by atoms with E-state index >= 15 is 0 Å². The number of hydrogen-bond donors (Lipinski definition) is 2. The maximum absolute atomic E-state index is 5.34. The highest BCUT2D eigenvalue weighted by molar-refractivity contribution is 5.92. The molecule has 9 rings (SSSR count). The molecule has 44 heavy (non-hydrogen) atoms. The van der Waals surface area contributed by atoms with Crippen LogP contribution in [0.25, 0.3) is 56.5 Å². The topological polar surface area (TPSA) is 109 Å². The summed E-state index contributed by atoms with van der Waals surface area (Å²) >= 11 is 0. The number of nitrogens with zero attached hydrogens (tertiary/aromatic N) is 6. The van der Waals surface area contributed by atoms with Gasteiger partial charge in [-0.15, -0.1) is 0 Å². The number of hydrogen-bond acceptors (Lipinski definition) is 6. The average molecular weight is 583 g/mol. The molecule has 3 atom stereocenters. The van der Waals surface area contributed by atoms with Gasteiger partial charge in [-0.05, 0) is 75.5 Å². The van der Waals surface area contributed by atoms with E-state index in [0.717, 1.165) is 103 Å². The molecule has 2 N–H and O–H groups in total. The Labute approximate surface area is 257 Å². The van der Waals surface area contributed by atoms with Crippen LogP contribution in [0.4, 0.5) is 0 Å². The van der Waals surface area contributed by atoms with E-state index in [1.165, 1.54) is 39.8 Å². The Bertz CT molecular complexity index is 2050. The van der Waals surface area contributed by atoms with Crippen molar-refractivity contribution in [1.82, 2.24) is 39.9 Å². The van der Waals surface area contributed by atoms with Crippen molar-refractivity contribution in [3.05, 3.63) is 58.2 Å². The third-order valence-corrected chi connectivity index (χ3v) is 10.9. The van der Waals surface area contributed by atoms with Crippen LogP contribution >= 0.6 is 0 Å². The van der Waals surface area contributed by atoms with Crippen LogP contribution in [0.5, 0.6) is 0 Å². The summed E-state index contributed by atoms with van der Waals surface area (Å²) in [5.74, 6) is 4.39. The van der Waals surface area contributed by atoms with Gasteiger partial charge in [0.15, 0.2) is 23.3 Å². The second kappa shape index (κ2) is 9.91. The predicted molar refractivity (Wildman–Crippen MR) is 174 cm³/mol. The van der Waals surface area contributed by atoms with Crippen molar-refractivity contribution in [2.75, 3.05) is 0 Å². The van der Waals surface area contributed by atoms with E-state index in [0.29, 0.717) is 29.4 Å². The molecule has 0 spiro atoms. The Morgan fingerprint density at radius 3 is 1.91 bits per heavy atom. The summed E-state index contributed by atoms with van der Waals surface area (Å²) in [7, 11) is 0. The molecule has 8 nitrogen and oxygen atoms in total. The summed E-state index contributed by atoms with van der Waals surface area (Å²) in [6.45, 7) is 7.01. The van der Waals surface area contributed by atoms with Gasteiger partial charge in [0.2, 0.25) is 0 Å². The molecule has 3 aliphatic carbocycles. The fourth-order valence-electron chi connectivity index (χ4n) is 8.26. The first kappa shape index (κ1) is 26.2. The number of nitrogens with one attached hydrogen (secondary N) is 2. The number of aryl methyl sites for hydroxylation is 3. The molecule has 3 aromatic heterocycles. The lowest BCUT2D eigenvalue weighted by atomic mass is 9.78. The van der Waals surface area contributed by atoms with Crippen LogP contribution in [0.1, 0.15) is 106 Å². The Morgan fingerprint density at radius 2 is 1.18 bits per heavy atom. The fraction of sp³-hybridized carbons (Fsp3) is 0.444. The molecule has 0 fully saturated rings. The van der Waals surface area contributed by atoms with Gasteiger partial charge in [0.25, 0.3) is 0 Å². The van der Waals surface area contributed by atoms with Crippen molar-refractivity contribution in [3.8, 4) is 22.8 Å². The van der Waals surface area contributed by atoms with Gasteiger partial charge < -0.3 is 9.97 Å². The number of fused-ring (bicyclic) bond motifs is 19. The second-order valence-corrected chi connectivity index (χ2v) is 13.6. The van der Waals surface area contributed by atoms with Crippen LogP contribution in [0.3, 0.4) is 0 Å². The summed E-state index contributed by atoms with van der Waals surface area (Å²) in [5, 5.41) is 0. The van der Waals surface area contributed by atoms with Crippen molar-refractivity contribution in [2.24, 2.45) is 11.8 Å². The molecule has 8 bridgehead atoms. The van der Waals surface area contributed by atoms with Crippen LogP contribution < -0.4 is 0 Å². The molecule has 4 aromatic rings. The normalized spacial score (nSPS) is 22.6. The van der Waals surface area contributed by atoms with Crippen LogP contribution in [0.15, 0.2) is 24.3 Å². The Morgan fingerprint density at radius 1 is 0.568 bits per heavy atom. The van der Waals surface area contributed by atoms with Gasteiger partial charge in [0.1, 0.15) is 22.6 Å². The monoisotopic (exact) mass is 582 g/mol. The average Bonchev–Trinajstić information content (AvgIpc) is 3.69. The highest BCUT2D eigenvalue weighted by Gasteiger charge is 2.32. The lowest BCUT2D eigenvalue weighted by Gasteiger charge is -2.25. The van der Waals surface area contributed by atoms with E-state index in [1.54, 1.807) is 0 Å². The molecule has 0 saturated heterocycles. The molecular formula is C36H38N8. The summed E-state index contributed by atoms with van der Waals surface area (Å²) in [6.07, 6.45) is 10.9. The largest absolute Gasteiger partial charge is 0.324 e. The SMILES string of the molecule is C[C@@H]1CCCC2=C1c1nc2nc2[nH]c(nc3nc(nc4[nH]c(n1)c1c4CCCCC1)-c1ccccc1-3)c1c2[C@H](C)[C@H](C)CC1. The van der Waals surface area contributed by atoms with Gasteiger partial charge in [0.05, 0.1) is 0 Å². The summed E-state index contributed by atoms with van der Waals surface area (Å²) in [5.41, 5.74) is 13.2. The molecule has 0 radical (unpaired) electrons. The van der Waals surface area contributed by atoms with E-state index in [1.807, 2.05) is 0 Å². The van der Waals surface area contributed by atoms with Gasteiger partial charge in [-0.1, -0.05) is 51.5 Å². The first-order valence-electron chi connectivity index (χ1n) is 16.6. The first-order chi connectivity index (χ1) is 21.5. The molecular weight excluding hydrogens is 544 g/mol. The number of rotatable bonds is 0. The zero-order valence-electron chi connectivity index (χ0n) is 25.8. The van der Waals surface area contributed by atoms with Crippen molar-refractivity contribution in [2.45, 2.75) is 90.9 Å². The van der Waals surface area contributed by atoms with E-state index in [2.05, 4.69) is 55.0 Å². The van der Waals surface area contributed by atoms with Gasteiger partial charge >= 0.3 is 0 Å². The quantitative estimate of drug-likeness (QED) is 0.180. The third kappa shape index (κ3) is 3.95. The third-order valence-electron chi connectivity index (χ3n) is 10.9. The number of allylic oxidation sites excluding steroid dienone is 2. The van der Waals surface area contributed by atoms with E-state index in [4.69, 9.17) is 29.9 Å². The molecule has 0 saturated carbocycles. The second-order valence-electron chi connectivity index (χ2n) is 13.6. The zero-order chi connectivity index (χ0) is 29.5. The molecule has 0 unspecified atom stereocenters. The van der Waals surface area contributed by atoms with Crippen molar-refractivity contribution < 1.29 is 0 Å². The summed E-state index contributed by atoms with van der Waals surface area (Å²) in [6, 6.07) is 8.34. The van der Waals surface area contributed by atoms with Crippen LogP contribution in [-0.2, 0) is 19.3 Å². The van der Waals surface area contributed by atoms with Crippen molar-refractivity contribution >= 4 is 33.7 Å². The highest BCUT2D eigenvalue weighted by atomic mass is 15.1. The van der Waals surface area contributed by atoms with Gasteiger partial charge in [-0.25, -0.2) is 29.9 Å². The van der Waals surface area contributed by atoms with Gasteiger partial charge in [-0.3, -0.25) is 0 Å². The minimum atomic E-state index is 0.371. The van der Waals surface area contributed by atoms with Crippen molar-refractivity contribution in [1.29, 1.82) is 0 Å². The van der Waals surface area contributed by atoms with E-state index in [-0.39, 0.29) is 0 Å². The minimum absolute atomic E-state index is 0.371. The summed E-state index contributed by atoms with van der Waals surface area (Å²) < 4.78 is 0. The molecule has 8 heteroatoms. The minimum Gasteiger partial charge on any atom is -0.324 e. The predicted octanol–water partition coefficient (Wildman–Crippen LogP) is 7.91. The number of benzene rings is 1. The lowest BCUT2D eigenvalue weighted by Crippen LogP contribution is -2.15. The van der Waals surface area contributed by atoms with E-state index in [9.17, 15) is 0 Å². The number of aromatic amines is 2. The molecule has 0 amide bonds. The molecule has 5 aliphatic rings. The smallest absolute Gasteiger partial charge is 0.164 e. The van der Waals surface area contributed by atoms with Crippen LogP contribution in [-0.4, -0.2) is 39.9 Å². The van der Waals surface area contributed by atoms with Crippen LogP contribution in [0.2, 0.25) is 0 Å². The number of aromatic nitrogens is 8. The molecule has 1 aromatic carbocycles. The first-order valence-corrected chi connectivity index (χ1v) is 16.6. The standard InChI is InChI=1S/C36H38N8/c1-18-16-17-26-28(20(18)3)36-43-33-25-15-9-10-19(2)27(25)35(42-33)41-32-22-12-6-4-5-11-21(22)29(39-32)37-30-23-13-7-8-14-24(23)31(38-30)40-34(26)44-36/h7-8,13-14,18-20H,4-6,9-12,15-17H2,1-3H3,(H2,37,38,39,40,41,42,43,44)/t18-,19-,20-/m1/s1. The Balaban J connectivity index is 1.44. The van der Waals surface area contributed by atoms with Gasteiger partial charge in [0, 0.05) is 44.5 Å². The molecule has 5 heterocycles. The summed E-state index contributed by atoms with van der Waals surface area (Å²) in [4.78, 5) is 38.8. The van der Waals surface area contributed by atoms with Crippen LogP contribution in [0, 0.1) is 11.8 Å². The zero-order valence-corrected chi connectivity index (χ0v) is 25.8. The lowest BCUT2D eigenvalue weighted by molar-refractivity contribution is 0.430. The van der Waals surface area contributed by atoms with E-state index < -0.39 is 0 Å². The number of H-pyrrole nitrogens is 2. The Hall–Kier alpha value is -4.20. The van der Waals surface area contributed by atoms with Crippen molar-refractivity contribution in [3.63, 3.8) is 0 Å². The molecule has 2 aliphatic heterocycles. The fourth-order valence-corrected chi connectivity index (χ4v) is 8.26.